The lowest BCUT2D eigenvalue weighted by atomic mass is 10.3. The number of aromatic nitrogens is 3. The van der Waals surface area contributed by atoms with Crippen molar-refractivity contribution in [1.29, 1.82) is 0 Å². The molecular formula is C13H12N4OS. The van der Waals surface area contributed by atoms with E-state index in [1.807, 2.05) is 47.0 Å². The summed E-state index contributed by atoms with van der Waals surface area (Å²) >= 11 is 1.46. The summed E-state index contributed by atoms with van der Waals surface area (Å²) < 4.78 is 7.13. The molecule has 96 valence electrons. The first-order valence-corrected chi connectivity index (χ1v) is 6.51. The molecule has 0 aliphatic heterocycles. The van der Waals surface area contributed by atoms with Crippen LogP contribution in [0.25, 0.3) is 5.65 Å². The van der Waals surface area contributed by atoms with Crippen LogP contribution in [0.2, 0.25) is 0 Å². The van der Waals surface area contributed by atoms with Crippen molar-refractivity contribution in [2.24, 2.45) is 0 Å². The van der Waals surface area contributed by atoms with E-state index in [1.165, 1.54) is 11.8 Å². The summed E-state index contributed by atoms with van der Waals surface area (Å²) in [7, 11) is 1.63. The number of hydrogen-bond acceptors (Lipinski definition) is 5. The van der Waals surface area contributed by atoms with Crippen molar-refractivity contribution in [3.8, 4) is 5.75 Å². The molecule has 2 aromatic heterocycles. The van der Waals surface area contributed by atoms with Gasteiger partial charge in [0.2, 0.25) is 5.16 Å². The topological polar surface area (TPSA) is 65.4 Å². The standard InChI is InChI=1S/C13H12N4OS/c1-18-9-5-6-10(14)11(8-9)19-13-16-15-12-4-2-3-7-17(12)13/h2-8H,14H2,1H3. The molecule has 2 N–H and O–H groups in total. The Morgan fingerprint density at radius 2 is 2.11 bits per heavy atom. The van der Waals surface area contributed by atoms with Crippen molar-refractivity contribution in [2.45, 2.75) is 10.1 Å². The number of anilines is 1. The van der Waals surface area contributed by atoms with Crippen LogP contribution in [-0.4, -0.2) is 21.7 Å². The molecule has 19 heavy (non-hydrogen) atoms. The number of ether oxygens (including phenoxy) is 1. The van der Waals surface area contributed by atoms with E-state index < -0.39 is 0 Å². The van der Waals surface area contributed by atoms with Crippen LogP contribution in [0.1, 0.15) is 0 Å². The third kappa shape index (κ3) is 2.22. The summed E-state index contributed by atoms with van der Waals surface area (Å²) in [5, 5.41) is 9.05. The predicted octanol–water partition coefficient (Wildman–Crippen LogP) is 2.47. The second kappa shape index (κ2) is 4.81. The highest BCUT2D eigenvalue weighted by Gasteiger charge is 2.09. The molecule has 0 unspecified atom stereocenters. The Labute approximate surface area is 114 Å². The van der Waals surface area contributed by atoms with Crippen molar-refractivity contribution < 1.29 is 4.74 Å². The first kappa shape index (κ1) is 11.9. The van der Waals surface area contributed by atoms with Gasteiger partial charge in [-0.2, -0.15) is 0 Å². The van der Waals surface area contributed by atoms with E-state index in [0.29, 0.717) is 5.69 Å². The lowest BCUT2D eigenvalue weighted by Gasteiger charge is -2.06. The maximum atomic E-state index is 5.97. The SMILES string of the molecule is COc1ccc(N)c(Sc2nnc3ccccn23)c1. The number of rotatable bonds is 3. The predicted molar refractivity (Wildman–Crippen MR) is 74.5 cm³/mol. The van der Waals surface area contributed by atoms with Crippen LogP contribution >= 0.6 is 11.8 Å². The summed E-state index contributed by atoms with van der Waals surface area (Å²) in [6.07, 6.45) is 1.92. The number of fused-ring (bicyclic) bond motifs is 1. The van der Waals surface area contributed by atoms with Gasteiger partial charge in [0.25, 0.3) is 0 Å². The van der Waals surface area contributed by atoms with Gasteiger partial charge in [-0.15, -0.1) is 10.2 Å². The van der Waals surface area contributed by atoms with Gasteiger partial charge in [-0.3, -0.25) is 4.40 Å². The third-order valence-corrected chi connectivity index (χ3v) is 3.74. The number of hydrogen-bond donors (Lipinski definition) is 1. The van der Waals surface area contributed by atoms with Gasteiger partial charge in [-0.1, -0.05) is 6.07 Å². The van der Waals surface area contributed by atoms with Gasteiger partial charge >= 0.3 is 0 Å². The van der Waals surface area contributed by atoms with Crippen molar-refractivity contribution >= 4 is 23.1 Å². The molecular weight excluding hydrogens is 260 g/mol. The Hall–Kier alpha value is -2.21. The quantitative estimate of drug-likeness (QED) is 0.742. The Bertz CT molecular complexity index is 725. The minimum Gasteiger partial charge on any atom is -0.497 e. The second-order valence-corrected chi connectivity index (χ2v) is 4.93. The van der Waals surface area contributed by atoms with E-state index in [9.17, 15) is 0 Å². The number of nitrogens with two attached hydrogens (primary N) is 1. The average molecular weight is 272 g/mol. The highest BCUT2D eigenvalue weighted by atomic mass is 32.2. The maximum Gasteiger partial charge on any atom is 0.200 e. The molecule has 0 fully saturated rings. The molecule has 0 amide bonds. The lowest BCUT2D eigenvalue weighted by molar-refractivity contribution is 0.414. The highest BCUT2D eigenvalue weighted by molar-refractivity contribution is 7.99. The van der Waals surface area contributed by atoms with Gasteiger partial charge in [0, 0.05) is 16.8 Å². The fourth-order valence-electron chi connectivity index (χ4n) is 1.72. The van der Waals surface area contributed by atoms with E-state index in [4.69, 9.17) is 10.5 Å². The zero-order valence-corrected chi connectivity index (χ0v) is 11.1. The lowest BCUT2D eigenvalue weighted by Crippen LogP contribution is -1.92. The van der Waals surface area contributed by atoms with Crippen molar-refractivity contribution in [3.05, 3.63) is 42.6 Å². The molecule has 1 aromatic carbocycles. The minimum absolute atomic E-state index is 0.693. The van der Waals surface area contributed by atoms with Gasteiger partial charge in [-0.05, 0) is 42.1 Å². The molecule has 0 saturated carbocycles. The molecule has 0 radical (unpaired) electrons. The Morgan fingerprint density at radius 1 is 1.21 bits per heavy atom. The Morgan fingerprint density at radius 3 is 2.95 bits per heavy atom. The summed E-state index contributed by atoms with van der Waals surface area (Å²) in [5.74, 6) is 0.769. The van der Waals surface area contributed by atoms with Crippen LogP contribution in [-0.2, 0) is 0 Å². The van der Waals surface area contributed by atoms with Crippen molar-refractivity contribution in [2.75, 3.05) is 12.8 Å². The van der Waals surface area contributed by atoms with Crippen LogP contribution < -0.4 is 10.5 Å². The first-order chi connectivity index (χ1) is 9.28. The van der Waals surface area contributed by atoms with Crippen LogP contribution in [0.4, 0.5) is 5.69 Å². The van der Waals surface area contributed by atoms with Crippen LogP contribution in [0.3, 0.4) is 0 Å². The summed E-state index contributed by atoms with van der Waals surface area (Å²) in [4.78, 5) is 0.900. The third-order valence-electron chi connectivity index (χ3n) is 2.70. The van der Waals surface area contributed by atoms with Gasteiger partial charge in [0.15, 0.2) is 5.65 Å². The highest BCUT2D eigenvalue weighted by Crippen LogP contribution is 2.33. The van der Waals surface area contributed by atoms with Gasteiger partial charge < -0.3 is 10.5 Å². The zero-order valence-electron chi connectivity index (χ0n) is 10.3. The number of methoxy groups -OCH3 is 1. The zero-order chi connectivity index (χ0) is 13.2. The van der Waals surface area contributed by atoms with Crippen molar-refractivity contribution in [1.82, 2.24) is 14.6 Å². The molecule has 2 heterocycles. The fraction of sp³-hybridized carbons (Fsp3) is 0.0769. The fourth-order valence-corrected chi connectivity index (χ4v) is 2.61. The van der Waals surface area contributed by atoms with E-state index in [-0.39, 0.29) is 0 Å². The number of nitrogen functional groups attached to an aromatic ring is 1. The molecule has 0 aliphatic carbocycles. The molecule has 6 heteroatoms. The first-order valence-electron chi connectivity index (χ1n) is 5.69. The van der Waals surface area contributed by atoms with Crippen LogP contribution in [0.5, 0.6) is 5.75 Å². The molecule has 3 rings (SSSR count). The average Bonchev–Trinajstić information content (AvgIpc) is 2.85. The van der Waals surface area contributed by atoms with E-state index in [1.54, 1.807) is 7.11 Å². The van der Waals surface area contributed by atoms with Gasteiger partial charge in [0.05, 0.1) is 7.11 Å². The number of pyridine rings is 1. The van der Waals surface area contributed by atoms with E-state index in [0.717, 1.165) is 21.4 Å². The second-order valence-electron chi connectivity index (χ2n) is 3.92. The van der Waals surface area contributed by atoms with E-state index in [2.05, 4.69) is 10.2 Å². The molecule has 0 spiro atoms. The molecule has 0 bridgehead atoms. The summed E-state index contributed by atoms with van der Waals surface area (Å²) in [6, 6.07) is 11.3. The Balaban J connectivity index is 2.01. The van der Waals surface area contributed by atoms with Crippen molar-refractivity contribution in [3.63, 3.8) is 0 Å². The summed E-state index contributed by atoms with van der Waals surface area (Å²) in [6.45, 7) is 0. The van der Waals surface area contributed by atoms with E-state index >= 15 is 0 Å². The maximum absolute atomic E-state index is 5.97. The minimum atomic E-state index is 0.693. The van der Waals surface area contributed by atoms with Gasteiger partial charge in [0.1, 0.15) is 5.75 Å². The molecule has 3 aromatic rings. The number of benzene rings is 1. The largest absolute Gasteiger partial charge is 0.497 e. The summed E-state index contributed by atoms with van der Waals surface area (Å²) in [5.41, 5.74) is 7.48. The molecule has 0 aliphatic rings. The monoisotopic (exact) mass is 272 g/mol. The number of nitrogens with zero attached hydrogens (tertiary/aromatic N) is 3. The molecule has 0 saturated heterocycles. The van der Waals surface area contributed by atoms with Gasteiger partial charge in [-0.25, -0.2) is 0 Å². The molecule has 5 nitrogen and oxygen atoms in total. The molecule has 0 atom stereocenters. The van der Waals surface area contributed by atoms with Crippen LogP contribution in [0.15, 0.2) is 52.6 Å². The Kier molecular flexibility index (Phi) is 3.00. The smallest absolute Gasteiger partial charge is 0.200 e. The normalized spacial score (nSPS) is 10.8. The van der Waals surface area contributed by atoms with Crippen LogP contribution in [0, 0.1) is 0 Å².